The Labute approximate surface area is 192 Å². The molecule has 4 rings (SSSR count). The third kappa shape index (κ3) is 5.29. The van der Waals surface area contributed by atoms with Gasteiger partial charge in [-0.1, -0.05) is 53.7 Å². The minimum atomic E-state index is -0.130. The topological polar surface area (TPSA) is 63.1 Å². The highest BCUT2D eigenvalue weighted by Gasteiger charge is 2.30. The van der Waals surface area contributed by atoms with Crippen LogP contribution < -0.4 is 5.32 Å². The molecule has 6 nitrogen and oxygen atoms in total. The lowest BCUT2D eigenvalue weighted by Crippen LogP contribution is -2.53. The summed E-state index contributed by atoms with van der Waals surface area (Å²) in [7, 11) is 0. The van der Waals surface area contributed by atoms with E-state index in [2.05, 4.69) is 58.5 Å². The van der Waals surface area contributed by atoms with E-state index in [0.29, 0.717) is 16.7 Å². The van der Waals surface area contributed by atoms with Gasteiger partial charge in [0, 0.05) is 30.2 Å². The number of hydrogen-bond donors (Lipinski definition) is 1. The fourth-order valence-corrected chi connectivity index (χ4v) is 4.69. The first-order chi connectivity index (χ1) is 14.9. The summed E-state index contributed by atoms with van der Waals surface area (Å²) in [5.41, 5.74) is 3.55. The van der Waals surface area contributed by atoms with Gasteiger partial charge in [0.2, 0.25) is 5.91 Å². The van der Waals surface area contributed by atoms with Crippen LogP contribution in [0.15, 0.2) is 60.0 Å². The minimum absolute atomic E-state index is 0.0175. The number of halogens is 1. The summed E-state index contributed by atoms with van der Waals surface area (Å²) >= 11 is 7.45. The van der Waals surface area contributed by atoms with E-state index in [1.165, 1.54) is 22.9 Å². The van der Waals surface area contributed by atoms with Gasteiger partial charge in [0.1, 0.15) is 6.33 Å². The zero-order valence-electron chi connectivity index (χ0n) is 17.7. The Bertz CT molecular complexity index is 1070. The molecule has 1 N–H and O–H groups in total. The van der Waals surface area contributed by atoms with Crippen LogP contribution in [0.3, 0.4) is 0 Å². The molecule has 0 radical (unpaired) electrons. The summed E-state index contributed by atoms with van der Waals surface area (Å²) in [6.45, 7) is 6.87. The Balaban J connectivity index is 1.31. The molecule has 0 unspecified atom stereocenters. The number of benzene rings is 2. The number of amides is 1. The summed E-state index contributed by atoms with van der Waals surface area (Å²) in [5, 5.41) is 12.5. The van der Waals surface area contributed by atoms with E-state index in [0.717, 1.165) is 25.2 Å². The van der Waals surface area contributed by atoms with Gasteiger partial charge in [0.15, 0.2) is 5.16 Å². The highest BCUT2D eigenvalue weighted by molar-refractivity contribution is 7.99. The molecule has 0 atom stereocenters. The van der Waals surface area contributed by atoms with Crippen molar-refractivity contribution in [2.75, 3.05) is 18.8 Å². The number of nitrogens with one attached hydrogen (secondary N) is 1. The molecular formula is C23H26ClN5OS. The Morgan fingerprint density at radius 2 is 2.00 bits per heavy atom. The monoisotopic (exact) mass is 455 g/mol. The molecule has 2 aromatic carbocycles. The maximum atomic E-state index is 12.5. The van der Waals surface area contributed by atoms with E-state index >= 15 is 0 Å². The van der Waals surface area contributed by atoms with Crippen molar-refractivity contribution >= 4 is 29.3 Å². The first-order valence-corrected chi connectivity index (χ1v) is 11.7. The van der Waals surface area contributed by atoms with Crippen LogP contribution in [-0.4, -0.2) is 50.0 Å². The van der Waals surface area contributed by atoms with Crippen LogP contribution in [0, 0.1) is 0 Å². The maximum absolute atomic E-state index is 12.5. The zero-order valence-corrected chi connectivity index (χ0v) is 19.3. The van der Waals surface area contributed by atoms with Crippen molar-refractivity contribution in [2.45, 2.75) is 37.5 Å². The van der Waals surface area contributed by atoms with Gasteiger partial charge >= 0.3 is 0 Å². The van der Waals surface area contributed by atoms with Crippen LogP contribution >= 0.6 is 23.4 Å². The van der Waals surface area contributed by atoms with Crippen LogP contribution in [0.4, 0.5) is 0 Å². The maximum Gasteiger partial charge on any atom is 0.230 e. The molecule has 1 amide bonds. The van der Waals surface area contributed by atoms with Crippen LogP contribution in [0.1, 0.15) is 25.0 Å². The first kappa shape index (κ1) is 21.9. The molecule has 0 spiro atoms. The second kappa shape index (κ2) is 9.42. The van der Waals surface area contributed by atoms with Crippen LogP contribution in [-0.2, 0) is 17.8 Å². The molecule has 0 saturated carbocycles. The number of carbonyl (C=O) groups excluding carboxylic acids is 1. The van der Waals surface area contributed by atoms with Crippen molar-refractivity contribution in [3.05, 3.63) is 71.0 Å². The number of thioether (sulfide) groups is 1. The number of rotatable bonds is 7. The summed E-state index contributed by atoms with van der Waals surface area (Å²) < 4.78 is 1.83. The molecule has 0 saturated heterocycles. The van der Waals surface area contributed by atoms with E-state index in [-0.39, 0.29) is 17.2 Å². The average Bonchev–Trinajstić information content (AvgIpc) is 3.25. The molecule has 2 heterocycles. The van der Waals surface area contributed by atoms with E-state index in [1.807, 2.05) is 28.8 Å². The van der Waals surface area contributed by atoms with E-state index in [4.69, 9.17) is 11.6 Å². The SMILES string of the molecule is CC(C)(CNC(=O)CSc1nncn1-c1cccc(Cl)c1)N1CCc2ccccc2C1. The van der Waals surface area contributed by atoms with Gasteiger partial charge < -0.3 is 5.32 Å². The molecule has 0 bridgehead atoms. The highest BCUT2D eigenvalue weighted by Crippen LogP contribution is 2.25. The fraction of sp³-hybridized carbons (Fsp3) is 0.348. The van der Waals surface area contributed by atoms with Crippen molar-refractivity contribution in [1.29, 1.82) is 0 Å². The van der Waals surface area contributed by atoms with E-state index in [1.54, 1.807) is 6.33 Å². The van der Waals surface area contributed by atoms with Gasteiger partial charge in [-0.25, -0.2) is 0 Å². The highest BCUT2D eigenvalue weighted by atomic mass is 35.5. The molecule has 8 heteroatoms. The van der Waals surface area contributed by atoms with Gasteiger partial charge in [-0.2, -0.15) is 0 Å². The number of hydrogen-bond acceptors (Lipinski definition) is 5. The Morgan fingerprint density at radius 1 is 1.19 bits per heavy atom. The summed E-state index contributed by atoms with van der Waals surface area (Å²) in [5.74, 6) is 0.258. The van der Waals surface area contributed by atoms with Crippen molar-refractivity contribution in [1.82, 2.24) is 25.0 Å². The smallest absolute Gasteiger partial charge is 0.230 e. The molecule has 31 heavy (non-hydrogen) atoms. The lowest BCUT2D eigenvalue weighted by molar-refractivity contribution is -0.119. The average molecular weight is 456 g/mol. The van der Waals surface area contributed by atoms with Gasteiger partial charge in [-0.05, 0) is 49.6 Å². The van der Waals surface area contributed by atoms with Gasteiger partial charge in [-0.3, -0.25) is 14.3 Å². The van der Waals surface area contributed by atoms with Gasteiger partial charge in [0.25, 0.3) is 0 Å². The van der Waals surface area contributed by atoms with Crippen molar-refractivity contribution < 1.29 is 4.79 Å². The van der Waals surface area contributed by atoms with Crippen LogP contribution in [0.25, 0.3) is 5.69 Å². The molecule has 162 valence electrons. The molecule has 3 aromatic rings. The van der Waals surface area contributed by atoms with E-state index in [9.17, 15) is 4.79 Å². The zero-order chi connectivity index (χ0) is 21.8. The molecule has 1 aromatic heterocycles. The second-order valence-electron chi connectivity index (χ2n) is 8.28. The number of aromatic nitrogens is 3. The van der Waals surface area contributed by atoms with Crippen LogP contribution in [0.5, 0.6) is 0 Å². The molecule has 1 aliphatic heterocycles. The third-order valence-electron chi connectivity index (χ3n) is 5.64. The lowest BCUT2D eigenvalue weighted by Gasteiger charge is -2.41. The normalized spacial score (nSPS) is 14.3. The third-order valence-corrected chi connectivity index (χ3v) is 6.82. The predicted octanol–water partition coefficient (Wildman–Crippen LogP) is 3.97. The molecule has 1 aliphatic rings. The standard InChI is InChI=1S/C23H26ClN5OS/c1-23(2,28-11-10-17-6-3-4-7-18(17)13-28)15-25-21(30)14-31-22-27-26-16-29(22)20-9-5-8-19(24)12-20/h3-9,12,16H,10-11,13-15H2,1-2H3,(H,25,30). The quantitative estimate of drug-likeness (QED) is 0.546. The van der Waals surface area contributed by atoms with Crippen LogP contribution in [0.2, 0.25) is 5.02 Å². The number of carbonyl (C=O) groups is 1. The lowest BCUT2D eigenvalue weighted by atomic mass is 9.94. The minimum Gasteiger partial charge on any atom is -0.354 e. The summed E-state index contributed by atoms with van der Waals surface area (Å²) in [4.78, 5) is 15.0. The largest absolute Gasteiger partial charge is 0.354 e. The van der Waals surface area contributed by atoms with Crippen molar-refractivity contribution in [3.8, 4) is 5.69 Å². The predicted molar refractivity (Wildman–Crippen MR) is 125 cm³/mol. The molecular weight excluding hydrogens is 430 g/mol. The second-order valence-corrected chi connectivity index (χ2v) is 9.66. The van der Waals surface area contributed by atoms with Gasteiger partial charge in [0.05, 0.1) is 11.4 Å². The summed E-state index contributed by atoms with van der Waals surface area (Å²) in [6.07, 6.45) is 2.67. The van der Waals surface area contributed by atoms with Crippen molar-refractivity contribution in [3.63, 3.8) is 0 Å². The Hall–Kier alpha value is -2.35. The summed E-state index contributed by atoms with van der Waals surface area (Å²) in [6, 6.07) is 16.1. The Morgan fingerprint density at radius 3 is 2.81 bits per heavy atom. The number of fused-ring (bicyclic) bond motifs is 1. The first-order valence-electron chi connectivity index (χ1n) is 10.3. The molecule has 0 fully saturated rings. The molecule has 0 aliphatic carbocycles. The fourth-order valence-electron chi connectivity index (χ4n) is 3.75. The Kier molecular flexibility index (Phi) is 6.65. The van der Waals surface area contributed by atoms with Gasteiger partial charge in [-0.15, -0.1) is 10.2 Å². The van der Waals surface area contributed by atoms with E-state index < -0.39 is 0 Å². The van der Waals surface area contributed by atoms with Crippen molar-refractivity contribution in [2.24, 2.45) is 0 Å². The number of nitrogens with zero attached hydrogens (tertiary/aromatic N) is 4.